The lowest BCUT2D eigenvalue weighted by molar-refractivity contribution is 0.137. The first kappa shape index (κ1) is 13.9. The molecule has 0 aromatic heterocycles. The zero-order valence-corrected chi connectivity index (χ0v) is 11.7. The van der Waals surface area contributed by atoms with Gasteiger partial charge in [-0.3, -0.25) is 0 Å². The van der Waals surface area contributed by atoms with E-state index in [4.69, 9.17) is 11.6 Å². The minimum Gasteiger partial charge on any atom is -0.393 e. The van der Waals surface area contributed by atoms with Gasteiger partial charge >= 0.3 is 0 Å². The van der Waals surface area contributed by atoms with Gasteiger partial charge in [-0.15, -0.1) is 0 Å². The molecule has 0 saturated heterocycles. The molecule has 1 aromatic carbocycles. The van der Waals surface area contributed by atoms with Crippen molar-refractivity contribution in [1.82, 2.24) is 0 Å². The molecule has 0 amide bonds. The van der Waals surface area contributed by atoms with Crippen LogP contribution in [0.25, 0.3) is 0 Å². The summed E-state index contributed by atoms with van der Waals surface area (Å²) in [6.07, 6.45) is 9.50. The van der Waals surface area contributed by atoms with E-state index >= 15 is 0 Å². The third-order valence-electron chi connectivity index (χ3n) is 3.94. The maximum Gasteiger partial charge on any atom is 0.0583 e. The average molecular weight is 267 g/mol. The highest BCUT2D eigenvalue weighted by atomic mass is 35.5. The van der Waals surface area contributed by atoms with E-state index in [9.17, 15) is 5.11 Å². The third-order valence-corrected chi connectivity index (χ3v) is 4.18. The highest BCUT2D eigenvalue weighted by Crippen LogP contribution is 2.27. The van der Waals surface area contributed by atoms with Crippen LogP contribution in [0.2, 0.25) is 5.02 Å². The van der Waals surface area contributed by atoms with Gasteiger partial charge in [0.1, 0.15) is 0 Å². The van der Waals surface area contributed by atoms with Crippen LogP contribution in [0, 0.1) is 5.92 Å². The van der Waals surface area contributed by atoms with E-state index < -0.39 is 0 Å². The Morgan fingerprint density at radius 3 is 2.56 bits per heavy atom. The van der Waals surface area contributed by atoms with Crippen molar-refractivity contribution in [2.45, 2.75) is 57.5 Å². The number of hydrogen-bond acceptors (Lipinski definition) is 1. The fourth-order valence-corrected chi connectivity index (χ4v) is 3.22. The van der Waals surface area contributed by atoms with Crippen LogP contribution in [0.15, 0.2) is 24.3 Å². The molecule has 2 heteroatoms. The zero-order chi connectivity index (χ0) is 12.8. The van der Waals surface area contributed by atoms with Crippen LogP contribution in [-0.2, 0) is 6.42 Å². The molecule has 2 rings (SSSR count). The van der Waals surface area contributed by atoms with Crippen molar-refractivity contribution in [3.8, 4) is 0 Å². The third kappa shape index (κ3) is 4.62. The lowest BCUT2D eigenvalue weighted by Crippen LogP contribution is -2.16. The molecular formula is C16H23ClO. The Hall–Kier alpha value is -0.530. The van der Waals surface area contributed by atoms with Gasteiger partial charge in [0.15, 0.2) is 0 Å². The Balaban J connectivity index is 1.82. The number of rotatable bonds is 4. The molecule has 0 aliphatic heterocycles. The maximum atomic E-state index is 10.2. The molecule has 1 aliphatic rings. The number of aliphatic hydroxyl groups is 1. The molecule has 1 aliphatic carbocycles. The van der Waals surface area contributed by atoms with Crippen LogP contribution < -0.4 is 0 Å². The number of halogens is 1. The molecule has 1 fully saturated rings. The van der Waals surface area contributed by atoms with Crippen molar-refractivity contribution < 1.29 is 5.11 Å². The minimum absolute atomic E-state index is 0.216. The van der Waals surface area contributed by atoms with Crippen molar-refractivity contribution >= 4 is 11.6 Å². The SMILES string of the molecule is OC(Cc1cccc(Cl)c1)CC1CCCCCC1. The van der Waals surface area contributed by atoms with Gasteiger partial charge in [0.25, 0.3) is 0 Å². The Labute approximate surface area is 115 Å². The highest BCUT2D eigenvalue weighted by Gasteiger charge is 2.16. The number of benzene rings is 1. The number of hydrogen-bond donors (Lipinski definition) is 1. The second-order valence-corrected chi connectivity index (χ2v) is 6.02. The minimum atomic E-state index is -0.216. The van der Waals surface area contributed by atoms with Gasteiger partial charge in [0, 0.05) is 5.02 Å². The van der Waals surface area contributed by atoms with E-state index in [1.807, 2.05) is 24.3 Å². The Kier molecular flexibility index (Phi) is 5.52. The van der Waals surface area contributed by atoms with Crippen molar-refractivity contribution in [3.63, 3.8) is 0 Å². The van der Waals surface area contributed by atoms with Crippen LogP contribution in [-0.4, -0.2) is 11.2 Å². The molecule has 1 aromatic rings. The van der Waals surface area contributed by atoms with E-state index in [1.54, 1.807) is 0 Å². The lowest BCUT2D eigenvalue weighted by Gasteiger charge is -2.18. The Morgan fingerprint density at radius 2 is 1.89 bits per heavy atom. The van der Waals surface area contributed by atoms with Crippen LogP contribution in [0.1, 0.15) is 50.5 Å². The van der Waals surface area contributed by atoms with Gasteiger partial charge < -0.3 is 5.11 Å². The van der Waals surface area contributed by atoms with E-state index in [0.29, 0.717) is 0 Å². The van der Waals surface area contributed by atoms with Crippen LogP contribution in [0.3, 0.4) is 0 Å². The molecule has 100 valence electrons. The number of aliphatic hydroxyl groups excluding tert-OH is 1. The molecule has 0 bridgehead atoms. The summed E-state index contributed by atoms with van der Waals surface area (Å²) in [5.74, 6) is 0.724. The van der Waals surface area contributed by atoms with Crippen LogP contribution in [0.4, 0.5) is 0 Å². The first-order valence-electron chi connectivity index (χ1n) is 7.16. The molecule has 0 spiro atoms. The molecule has 1 atom stereocenters. The van der Waals surface area contributed by atoms with E-state index in [-0.39, 0.29) is 6.10 Å². The van der Waals surface area contributed by atoms with Gasteiger partial charge in [0.05, 0.1) is 6.10 Å². The fourth-order valence-electron chi connectivity index (χ4n) is 3.00. The van der Waals surface area contributed by atoms with Gasteiger partial charge in [-0.1, -0.05) is 62.3 Å². The Morgan fingerprint density at radius 1 is 1.17 bits per heavy atom. The Bertz CT molecular complexity index is 356. The molecule has 1 nitrogen and oxygen atoms in total. The monoisotopic (exact) mass is 266 g/mol. The molecule has 18 heavy (non-hydrogen) atoms. The van der Waals surface area contributed by atoms with Crippen molar-refractivity contribution in [2.24, 2.45) is 5.92 Å². The van der Waals surface area contributed by atoms with Crippen LogP contribution >= 0.6 is 11.6 Å². The molecular weight excluding hydrogens is 244 g/mol. The normalized spacial score (nSPS) is 19.4. The highest BCUT2D eigenvalue weighted by molar-refractivity contribution is 6.30. The smallest absolute Gasteiger partial charge is 0.0583 e. The summed E-state index contributed by atoms with van der Waals surface area (Å²) in [7, 11) is 0. The molecule has 0 heterocycles. The van der Waals surface area contributed by atoms with Crippen LogP contribution in [0.5, 0.6) is 0 Å². The largest absolute Gasteiger partial charge is 0.393 e. The topological polar surface area (TPSA) is 20.2 Å². The first-order valence-corrected chi connectivity index (χ1v) is 7.54. The summed E-state index contributed by atoms with van der Waals surface area (Å²) in [5.41, 5.74) is 1.14. The van der Waals surface area contributed by atoms with E-state index in [2.05, 4.69) is 0 Å². The first-order chi connectivity index (χ1) is 8.74. The summed E-state index contributed by atoms with van der Waals surface area (Å²) in [5, 5.41) is 11.0. The van der Waals surface area contributed by atoms with Crippen molar-refractivity contribution in [1.29, 1.82) is 0 Å². The van der Waals surface area contributed by atoms with Gasteiger partial charge in [0.2, 0.25) is 0 Å². The van der Waals surface area contributed by atoms with E-state index in [1.165, 1.54) is 38.5 Å². The molecule has 0 radical (unpaired) electrons. The predicted octanol–water partition coefficient (Wildman–Crippen LogP) is 4.60. The quantitative estimate of drug-likeness (QED) is 0.790. The predicted molar refractivity (Wildman–Crippen MR) is 77.0 cm³/mol. The van der Waals surface area contributed by atoms with Gasteiger partial charge in [-0.2, -0.15) is 0 Å². The van der Waals surface area contributed by atoms with Crippen molar-refractivity contribution in [3.05, 3.63) is 34.9 Å². The standard InChI is InChI=1S/C16H23ClO/c17-15-9-5-8-14(10-15)12-16(18)11-13-6-3-1-2-4-7-13/h5,8-10,13,16,18H,1-4,6-7,11-12H2. The maximum absolute atomic E-state index is 10.2. The van der Waals surface area contributed by atoms with Crippen molar-refractivity contribution in [2.75, 3.05) is 0 Å². The summed E-state index contributed by atoms with van der Waals surface area (Å²) in [6, 6.07) is 7.83. The zero-order valence-electron chi connectivity index (χ0n) is 10.9. The fraction of sp³-hybridized carbons (Fsp3) is 0.625. The van der Waals surface area contributed by atoms with Gasteiger partial charge in [-0.05, 0) is 36.5 Å². The lowest BCUT2D eigenvalue weighted by atomic mass is 9.91. The molecule has 1 N–H and O–H groups in total. The summed E-state index contributed by atoms with van der Waals surface area (Å²) in [4.78, 5) is 0. The van der Waals surface area contributed by atoms with Gasteiger partial charge in [-0.25, -0.2) is 0 Å². The second-order valence-electron chi connectivity index (χ2n) is 5.58. The van der Waals surface area contributed by atoms with E-state index in [0.717, 1.165) is 29.3 Å². The molecule has 1 saturated carbocycles. The summed E-state index contributed by atoms with van der Waals surface area (Å²) >= 11 is 5.96. The summed E-state index contributed by atoms with van der Waals surface area (Å²) in [6.45, 7) is 0. The summed E-state index contributed by atoms with van der Waals surface area (Å²) < 4.78 is 0. The second kappa shape index (κ2) is 7.16. The average Bonchev–Trinajstić information content (AvgIpc) is 2.57. The molecule has 1 unspecified atom stereocenters.